The van der Waals surface area contributed by atoms with Gasteiger partial charge in [0, 0.05) is 25.7 Å². The summed E-state index contributed by atoms with van der Waals surface area (Å²) in [5, 5.41) is 10.6. The van der Waals surface area contributed by atoms with Crippen LogP contribution in [0.2, 0.25) is 0 Å². The van der Waals surface area contributed by atoms with Crippen molar-refractivity contribution >= 4 is 39.5 Å². The molecule has 0 aromatic rings. The smallest absolute Gasteiger partial charge is 0.462 e. The Morgan fingerprint density at radius 1 is 0.281 bits per heavy atom. The first-order chi connectivity index (χ1) is 46.4. The molecule has 0 rings (SSSR count). The second-order valence-electron chi connectivity index (χ2n) is 28.7. The van der Waals surface area contributed by atoms with Crippen molar-refractivity contribution in [2.75, 3.05) is 39.6 Å². The van der Waals surface area contributed by atoms with Crippen LogP contribution in [-0.4, -0.2) is 96.7 Å². The van der Waals surface area contributed by atoms with Gasteiger partial charge in [-0.1, -0.05) is 350 Å². The Morgan fingerprint density at radius 3 is 0.708 bits per heavy atom. The molecule has 0 aliphatic carbocycles. The lowest BCUT2D eigenvalue weighted by molar-refractivity contribution is -0.161. The van der Waals surface area contributed by atoms with Crippen LogP contribution in [0.4, 0.5) is 0 Å². The van der Waals surface area contributed by atoms with E-state index in [1.165, 1.54) is 218 Å². The average Bonchev–Trinajstić information content (AvgIpc) is 1.40. The van der Waals surface area contributed by atoms with Crippen LogP contribution in [-0.2, 0) is 65.4 Å². The van der Waals surface area contributed by atoms with E-state index in [0.717, 1.165) is 102 Å². The van der Waals surface area contributed by atoms with Gasteiger partial charge in [-0.3, -0.25) is 37.3 Å². The molecule has 0 saturated carbocycles. The van der Waals surface area contributed by atoms with Crippen LogP contribution in [0.3, 0.4) is 0 Å². The molecule has 2 unspecified atom stereocenters. The van der Waals surface area contributed by atoms with Crippen LogP contribution in [0.5, 0.6) is 0 Å². The number of phosphoric ester groups is 2. The van der Waals surface area contributed by atoms with Gasteiger partial charge < -0.3 is 33.8 Å². The van der Waals surface area contributed by atoms with Crippen molar-refractivity contribution < 1.29 is 80.2 Å². The summed E-state index contributed by atoms with van der Waals surface area (Å²) in [5.74, 6) is -0.552. The molecular formula is C77H150O17P2. The van der Waals surface area contributed by atoms with Gasteiger partial charge in [0.25, 0.3) is 0 Å². The minimum absolute atomic E-state index is 0.106. The van der Waals surface area contributed by atoms with Gasteiger partial charge in [-0.05, 0) is 37.5 Å². The summed E-state index contributed by atoms with van der Waals surface area (Å²) in [5.41, 5.74) is 0. The Hall–Kier alpha value is -1.94. The van der Waals surface area contributed by atoms with Gasteiger partial charge >= 0.3 is 39.5 Å². The van der Waals surface area contributed by atoms with Crippen LogP contribution in [0.1, 0.15) is 401 Å². The van der Waals surface area contributed by atoms with Crippen LogP contribution in [0.15, 0.2) is 0 Å². The molecule has 96 heavy (non-hydrogen) atoms. The lowest BCUT2D eigenvalue weighted by Crippen LogP contribution is -2.30. The van der Waals surface area contributed by atoms with Crippen molar-refractivity contribution in [1.29, 1.82) is 0 Å². The molecule has 3 N–H and O–H groups in total. The van der Waals surface area contributed by atoms with Crippen LogP contribution in [0.25, 0.3) is 0 Å². The van der Waals surface area contributed by atoms with Crippen molar-refractivity contribution in [2.24, 2.45) is 11.8 Å². The number of ether oxygens (including phenoxy) is 4. The highest BCUT2D eigenvalue weighted by Gasteiger charge is 2.30. The molecule has 17 nitrogen and oxygen atoms in total. The van der Waals surface area contributed by atoms with Gasteiger partial charge in [-0.2, -0.15) is 0 Å². The van der Waals surface area contributed by atoms with E-state index < -0.39 is 97.5 Å². The number of hydrogen-bond acceptors (Lipinski definition) is 15. The Balaban J connectivity index is 5.23. The quantitative estimate of drug-likeness (QED) is 0.0222. The van der Waals surface area contributed by atoms with E-state index in [0.29, 0.717) is 25.7 Å². The van der Waals surface area contributed by atoms with Crippen LogP contribution >= 0.6 is 15.6 Å². The van der Waals surface area contributed by atoms with Crippen molar-refractivity contribution in [3.63, 3.8) is 0 Å². The summed E-state index contributed by atoms with van der Waals surface area (Å²) in [6.45, 7) is 9.62. The van der Waals surface area contributed by atoms with Crippen molar-refractivity contribution in [3.8, 4) is 0 Å². The summed E-state index contributed by atoms with van der Waals surface area (Å²) in [6.07, 6.45) is 56.8. The predicted octanol–water partition coefficient (Wildman–Crippen LogP) is 22.7. The fraction of sp³-hybridized carbons (Fsp3) is 0.948. The molecule has 0 aliphatic heterocycles. The highest BCUT2D eigenvalue weighted by molar-refractivity contribution is 7.47. The molecule has 0 heterocycles. The highest BCUT2D eigenvalue weighted by Crippen LogP contribution is 2.45. The number of carbonyl (C=O) groups is 4. The van der Waals surface area contributed by atoms with E-state index in [2.05, 4.69) is 41.5 Å². The third-order valence-electron chi connectivity index (χ3n) is 18.0. The van der Waals surface area contributed by atoms with Crippen molar-refractivity contribution in [2.45, 2.75) is 419 Å². The zero-order valence-corrected chi connectivity index (χ0v) is 64.5. The average molecular weight is 1410 g/mol. The molecular weight excluding hydrogens is 1260 g/mol. The zero-order chi connectivity index (χ0) is 70.7. The van der Waals surface area contributed by atoms with E-state index >= 15 is 0 Å². The summed E-state index contributed by atoms with van der Waals surface area (Å²) in [7, 11) is -9.91. The molecule has 0 spiro atoms. The number of aliphatic hydroxyl groups excluding tert-OH is 1. The second-order valence-corrected chi connectivity index (χ2v) is 31.6. The lowest BCUT2D eigenvalue weighted by atomic mass is 10.0. The van der Waals surface area contributed by atoms with E-state index in [1.807, 2.05) is 0 Å². The maximum atomic E-state index is 13.1. The normalized spacial score (nSPS) is 14.0. The number of rotatable bonds is 76. The fourth-order valence-corrected chi connectivity index (χ4v) is 13.4. The maximum absolute atomic E-state index is 13.1. The molecule has 0 fully saturated rings. The van der Waals surface area contributed by atoms with Gasteiger partial charge in [-0.15, -0.1) is 0 Å². The molecule has 0 amide bonds. The van der Waals surface area contributed by atoms with Gasteiger partial charge in [0.2, 0.25) is 0 Å². The number of aliphatic hydroxyl groups is 1. The van der Waals surface area contributed by atoms with Gasteiger partial charge in [-0.25, -0.2) is 9.13 Å². The third kappa shape index (κ3) is 70.5. The minimum Gasteiger partial charge on any atom is -0.462 e. The molecule has 0 radical (unpaired) electrons. The second kappa shape index (κ2) is 68.8. The number of esters is 4. The SMILES string of the molecule is CCCCCCCCCCCCCCCCC(=O)OC[C@H](COP(=O)(O)OC[C@@H](O)COP(=O)(O)OC[C@@H](COC(=O)CCCCCCCCCCCC)OC(=O)CCCCCCCCCCCCC(C)C)OC(=O)CCCCCCCCCCCCCCCCCCC(C)C. The monoisotopic (exact) mass is 1410 g/mol. The van der Waals surface area contributed by atoms with Crippen molar-refractivity contribution in [3.05, 3.63) is 0 Å². The molecule has 5 atom stereocenters. The number of hydrogen-bond donors (Lipinski definition) is 3. The van der Waals surface area contributed by atoms with E-state index in [4.69, 9.17) is 37.0 Å². The first-order valence-electron chi connectivity index (χ1n) is 40.0. The number of carbonyl (C=O) groups excluding carboxylic acids is 4. The van der Waals surface area contributed by atoms with E-state index in [-0.39, 0.29) is 25.7 Å². The summed E-state index contributed by atoms with van der Waals surface area (Å²) >= 11 is 0. The Morgan fingerprint density at radius 2 is 0.479 bits per heavy atom. The van der Waals surface area contributed by atoms with E-state index in [1.54, 1.807) is 0 Å². The molecule has 19 heteroatoms. The first-order valence-corrected chi connectivity index (χ1v) is 43.0. The molecule has 570 valence electrons. The first kappa shape index (κ1) is 94.1. The Kier molecular flexibility index (Phi) is 67.4. The largest absolute Gasteiger partial charge is 0.472 e. The minimum atomic E-state index is -4.96. The standard InChI is InChI=1S/C77H150O17P2/c1-7-9-11-13-15-17-19-20-26-29-36-42-48-54-60-75(80)88-66-73(93-76(81)61-55-49-43-37-30-27-24-22-21-23-25-28-33-39-45-51-57-69(3)4)68-92-96(85,86)90-64-71(78)63-89-95(83,84)91-67-72(65-87-74(79)59-53-47-41-35-18-16-14-12-10-8-2)94-77(82)62-56-50-44-38-32-31-34-40-46-52-58-70(5)6/h69-73,78H,7-68H2,1-6H3,(H,83,84)(H,85,86)/t71-,72+,73+/m0/s1. The number of phosphoric acid groups is 2. The number of unbranched alkanes of at least 4 members (excludes halogenated alkanes) is 46. The summed E-state index contributed by atoms with van der Waals surface area (Å²) < 4.78 is 68.6. The van der Waals surface area contributed by atoms with Crippen LogP contribution in [0, 0.1) is 11.8 Å². The van der Waals surface area contributed by atoms with Crippen LogP contribution < -0.4 is 0 Å². The third-order valence-corrected chi connectivity index (χ3v) is 19.9. The fourth-order valence-electron chi connectivity index (χ4n) is 11.8. The highest BCUT2D eigenvalue weighted by atomic mass is 31.2. The Labute approximate surface area is 588 Å². The summed E-state index contributed by atoms with van der Waals surface area (Å²) in [4.78, 5) is 72.8. The zero-order valence-electron chi connectivity index (χ0n) is 62.7. The molecule has 0 aromatic carbocycles. The molecule has 0 aliphatic rings. The topological polar surface area (TPSA) is 237 Å². The van der Waals surface area contributed by atoms with Gasteiger partial charge in [0.05, 0.1) is 26.4 Å². The van der Waals surface area contributed by atoms with Gasteiger partial charge in [0.1, 0.15) is 19.3 Å². The molecule has 0 aromatic heterocycles. The van der Waals surface area contributed by atoms with Gasteiger partial charge in [0.15, 0.2) is 12.2 Å². The molecule has 0 bridgehead atoms. The lowest BCUT2D eigenvalue weighted by Gasteiger charge is -2.21. The predicted molar refractivity (Wildman–Crippen MR) is 391 cm³/mol. The van der Waals surface area contributed by atoms with E-state index in [9.17, 15) is 43.2 Å². The summed E-state index contributed by atoms with van der Waals surface area (Å²) in [6, 6.07) is 0. The van der Waals surface area contributed by atoms with Crippen molar-refractivity contribution in [1.82, 2.24) is 0 Å². The Bertz CT molecular complexity index is 1860. The maximum Gasteiger partial charge on any atom is 0.472 e. The molecule has 0 saturated heterocycles.